The van der Waals surface area contributed by atoms with E-state index in [1.165, 1.54) is 0 Å². The molecule has 0 saturated heterocycles. The predicted molar refractivity (Wildman–Crippen MR) is 70.8 cm³/mol. The van der Waals surface area contributed by atoms with Gasteiger partial charge in [0.1, 0.15) is 0 Å². The van der Waals surface area contributed by atoms with E-state index in [1.54, 1.807) is 30.6 Å². The number of ketones is 1. The van der Waals surface area contributed by atoms with Crippen molar-refractivity contribution in [1.82, 2.24) is 9.97 Å². The molecule has 1 aromatic carbocycles. The van der Waals surface area contributed by atoms with Gasteiger partial charge in [-0.2, -0.15) is 0 Å². The van der Waals surface area contributed by atoms with Crippen LogP contribution in [0.25, 0.3) is 0 Å². The minimum Gasteiger partial charge on any atom is -0.490 e. The molecule has 1 heterocycles. The molecule has 0 aliphatic carbocycles. The number of carbonyl (C=O) groups is 1. The van der Waals surface area contributed by atoms with Gasteiger partial charge in [0.2, 0.25) is 5.78 Å². The smallest absolute Gasteiger partial charge is 0.228 e. The highest BCUT2D eigenvalue weighted by Crippen LogP contribution is 2.29. The number of carbonyl (C=O) groups excluding carboxylic acids is 1. The number of rotatable bonds is 6. The third-order valence-electron chi connectivity index (χ3n) is 2.52. The van der Waals surface area contributed by atoms with E-state index in [0.29, 0.717) is 36.1 Å². The highest BCUT2D eigenvalue weighted by atomic mass is 16.5. The quantitative estimate of drug-likeness (QED) is 0.810. The first kappa shape index (κ1) is 13.1. The number of aromatic amines is 1. The van der Waals surface area contributed by atoms with Crippen molar-refractivity contribution in [3.05, 3.63) is 42.0 Å². The first-order valence-electron chi connectivity index (χ1n) is 6.20. The fourth-order valence-corrected chi connectivity index (χ4v) is 1.72. The number of ether oxygens (including phenoxy) is 2. The zero-order chi connectivity index (χ0) is 13.7. The van der Waals surface area contributed by atoms with Crippen LogP contribution in [0.2, 0.25) is 0 Å². The largest absolute Gasteiger partial charge is 0.490 e. The fourth-order valence-electron chi connectivity index (χ4n) is 1.72. The summed E-state index contributed by atoms with van der Waals surface area (Å²) >= 11 is 0. The molecule has 0 saturated carbocycles. The average Bonchev–Trinajstić information content (AvgIpc) is 2.94. The molecule has 0 radical (unpaired) electrons. The molecule has 100 valence electrons. The molecule has 0 aliphatic heterocycles. The van der Waals surface area contributed by atoms with Gasteiger partial charge >= 0.3 is 0 Å². The van der Waals surface area contributed by atoms with Gasteiger partial charge in [-0.05, 0) is 32.0 Å². The molecular weight excluding hydrogens is 244 g/mol. The molecule has 1 aromatic heterocycles. The van der Waals surface area contributed by atoms with Crippen LogP contribution in [0.4, 0.5) is 0 Å². The van der Waals surface area contributed by atoms with Crippen molar-refractivity contribution < 1.29 is 14.3 Å². The molecule has 19 heavy (non-hydrogen) atoms. The summed E-state index contributed by atoms with van der Waals surface area (Å²) in [5.74, 6) is 1.35. The summed E-state index contributed by atoms with van der Waals surface area (Å²) in [6, 6.07) is 5.13. The molecular formula is C14H16N2O3. The van der Waals surface area contributed by atoms with Crippen molar-refractivity contribution in [2.75, 3.05) is 13.2 Å². The Balaban J connectivity index is 2.32. The first-order valence-corrected chi connectivity index (χ1v) is 6.20. The number of nitrogens with one attached hydrogen (secondary N) is 1. The van der Waals surface area contributed by atoms with E-state index >= 15 is 0 Å². The summed E-state index contributed by atoms with van der Waals surface area (Å²) in [5, 5.41) is 0. The Kier molecular flexibility index (Phi) is 4.18. The summed E-state index contributed by atoms with van der Waals surface area (Å²) in [6.45, 7) is 4.85. The number of aromatic nitrogens is 2. The van der Waals surface area contributed by atoms with Crippen LogP contribution in [0, 0.1) is 0 Å². The molecule has 0 unspecified atom stereocenters. The van der Waals surface area contributed by atoms with Gasteiger partial charge in [0.05, 0.1) is 13.2 Å². The molecule has 0 amide bonds. The van der Waals surface area contributed by atoms with Crippen molar-refractivity contribution in [1.29, 1.82) is 0 Å². The topological polar surface area (TPSA) is 64.2 Å². The first-order chi connectivity index (χ1) is 9.26. The van der Waals surface area contributed by atoms with E-state index in [-0.39, 0.29) is 5.78 Å². The zero-order valence-electron chi connectivity index (χ0n) is 11.0. The van der Waals surface area contributed by atoms with Gasteiger partial charge in [-0.1, -0.05) is 0 Å². The van der Waals surface area contributed by atoms with Crippen LogP contribution in [0.3, 0.4) is 0 Å². The van der Waals surface area contributed by atoms with E-state index < -0.39 is 0 Å². The van der Waals surface area contributed by atoms with Crippen molar-refractivity contribution in [2.45, 2.75) is 13.8 Å². The standard InChI is InChI=1S/C14H16N2O3/c1-3-18-11-6-5-10(9-12(11)19-4-2)13(17)14-15-7-8-16-14/h5-9H,3-4H2,1-2H3,(H,15,16). The minimum atomic E-state index is -0.172. The second-order valence-electron chi connectivity index (χ2n) is 3.79. The molecule has 0 spiro atoms. The molecule has 0 bridgehead atoms. The summed E-state index contributed by atoms with van der Waals surface area (Å²) in [5.41, 5.74) is 0.516. The molecule has 1 N–H and O–H groups in total. The number of hydrogen-bond donors (Lipinski definition) is 1. The minimum absolute atomic E-state index is 0.172. The van der Waals surface area contributed by atoms with Gasteiger partial charge in [0.15, 0.2) is 17.3 Å². The second kappa shape index (κ2) is 6.04. The lowest BCUT2D eigenvalue weighted by Crippen LogP contribution is -2.05. The zero-order valence-corrected chi connectivity index (χ0v) is 11.0. The lowest BCUT2D eigenvalue weighted by molar-refractivity contribution is 0.103. The SMILES string of the molecule is CCOc1ccc(C(=O)c2ncc[nH]2)cc1OCC. The average molecular weight is 260 g/mol. The highest BCUT2D eigenvalue weighted by Gasteiger charge is 2.14. The Hall–Kier alpha value is -2.30. The highest BCUT2D eigenvalue weighted by molar-refractivity contribution is 6.06. The normalized spacial score (nSPS) is 10.2. The Labute approximate surface area is 111 Å². The Bertz CT molecular complexity index is 550. The molecule has 0 atom stereocenters. The molecule has 0 aliphatic rings. The Morgan fingerprint density at radius 2 is 1.95 bits per heavy atom. The number of nitrogens with zero attached hydrogens (tertiary/aromatic N) is 1. The van der Waals surface area contributed by atoms with Gasteiger partial charge < -0.3 is 14.5 Å². The van der Waals surface area contributed by atoms with Crippen LogP contribution < -0.4 is 9.47 Å². The summed E-state index contributed by atoms with van der Waals surface area (Å²) < 4.78 is 10.9. The summed E-state index contributed by atoms with van der Waals surface area (Å²) in [4.78, 5) is 18.9. The summed E-state index contributed by atoms with van der Waals surface area (Å²) in [6.07, 6.45) is 3.16. The van der Waals surface area contributed by atoms with Crippen LogP contribution in [0.5, 0.6) is 11.5 Å². The lowest BCUT2D eigenvalue weighted by atomic mass is 10.1. The van der Waals surface area contributed by atoms with Crippen LogP contribution >= 0.6 is 0 Å². The molecule has 5 heteroatoms. The van der Waals surface area contributed by atoms with Crippen LogP contribution in [-0.4, -0.2) is 29.0 Å². The monoisotopic (exact) mass is 260 g/mol. The van der Waals surface area contributed by atoms with Crippen molar-refractivity contribution in [2.24, 2.45) is 0 Å². The fraction of sp³-hybridized carbons (Fsp3) is 0.286. The lowest BCUT2D eigenvalue weighted by Gasteiger charge is -2.11. The Morgan fingerprint density at radius 1 is 1.21 bits per heavy atom. The van der Waals surface area contributed by atoms with E-state index in [0.717, 1.165) is 0 Å². The maximum Gasteiger partial charge on any atom is 0.228 e. The van der Waals surface area contributed by atoms with E-state index in [1.807, 2.05) is 13.8 Å². The summed E-state index contributed by atoms with van der Waals surface area (Å²) in [7, 11) is 0. The second-order valence-corrected chi connectivity index (χ2v) is 3.79. The predicted octanol–water partition coefficient (Wildman–Crippen LogP) is 2.44. The van der Waals surface area contributed by atoms with Crippen molar-refractivity contribution in [3.63, 3.8) is 0 Å². The number of H-pyrrole nitrogens is 1. The van der Waals surface area contributed by atoms with E-state index in [2.05, 4.69) is 9.97 Å². The third-order valence-corrected chi connectivity index (χ3v) is 2.52. The van der Waals surface area contributed by atoms with Gasteiger partial charge in [-0.15, -0.1) is 0 Å². The Morgan fingerprint density at radius 3 is 2.58 bits per heavy atom. The van der Waals surface area contributed by atoms with Crippen LogP contribution in [0.15, 0.2) is 30.6 Å². The van der Waals surface area contributed by atoms with Gasteiger partial charge in [0.25, 0.3) is 0 Å². The van der Waals surface area contributed by atoms with Crippen molar-refractivity contribution in [3.8, 4) is 11.5 Å². The van der Waals surface area contributed by atoms with E-state index in [9.17, 15) is 4.79 Å². The van der Waals surface area contributed by atoms with Crippen LogP contribution in [-0.2, 0) is 0 Å². The van der Waals surface area contributed by atoms with Crippen molar-refractivity contribution >= 4 is 5.78 Å². The maximum atomic E-state index is 12.1. The maximum absolute atomic E-state index is 12.1. The third kappa shape index (κ3) is 2.93. The van der Waals surface area contributed by atoms with E-state index in [4.69, 9.17) is 9.47 Å². The number of imidazole rings is 1. The number of benzene rings is 1. The molecule has 5 nitrogen and oxygen atoms in total. The van der Waals surface area contributed by atoms with Gasteiger partial charge in [0, 0.05) is 18.0 Å². The van der Waals surface area contributed by atoms with Gasteiger partial charge in [-0.25, -0.2) is 4.98 Å². The van der Waals surface area contributed by atoms with Crippen LogP contribution in [0.1, 0.15) is 30.0 Å². The molecule has 0 fully saturated rings. The number of hydrogen-bond acceptors (Lipinski definition) is 4. The molecule has 2 aromatic rings. The molecule has 2 rings (SSSR count). The van der Waals surface area contributed by atoms with Gasteiger partial charge in [-0.3, -0.25) is 4.79 Å².